The lowest BCUT2D eigenvalue weighted by Crippen LogP contribution is -2.19. The standard InChI is InChI=1S/C22H27NO2.C12H10INO.C12H10N2O3.C12H12N2O.C9H5NO4/c24-21(13-10-16-6-3-1-2-4-7-16)19-8-5-9-20-18(19)14-15-23(22(20)25)17-11-12-17;13-11-3-1-2-10-9(11)6-7-14(12(10)15)8-4-5-8;15-12-10-2-1-3-11(14(16)17)9(10)6-7-13(12)8-4-5-8;13-11-3-1-2-10-9(11)6-7-14(12(10)15)8-4-5-8;11-9-7-2-1-3-8(10(12)13)6(7)4-5-14-9/h5,8-9,14-17H,1-4,6-7,10-13H2;1-3,6-8H,4-5H2;1-3,6-8H,4-5H2;1-3,6-8H,4-5,13H2;1-5H. The van der Waals surface area contributed by atoms with Crippen LogP contribution in [-0.2, 0) is 0 Å². The predicted molar refractivity (Wildman–Crippen MR) is 344 cm³/mol. The largest absolute Gasteiger partial charge is 0.431 e. The second-order valence-electron chi connectivity index (χ2n) is 22.8. The molecule has 0 bridgehead atoms. The first-order chi connectivity index (χ1) is 41.7. The fourth-order valence-corrected chi connectivity index (χ4v) is 12.2. The summed E-state index contributed by atoms with van der Waals surface area (Å²) in [6, 6.07) is 36.5. The van der Waals surface area contributed by atoms with Crippen LogP contribution in [0.4, 0.5) is 17.1 Å². The van der Waals surface area contributed by atoms with E-state index in [2.05, 4.69) is 33.1 Å². The van der Waals surface area contributed by atoms with Crippen molar-refractivity contribution in [3.63, 3.8) is 0 Å². The van der Waals surface area contributed by atoms with Gasteiger partial charge in [-0.05, 0) is 164 Å². The average Bonchev–Trinajstić information content (AvgIpc) is 2.19. The molecule has 0 radical (unpaired) electrons. The van der Waals surface area contributed by atoms with Gasteiger partial charge in [-0.2, -0.15) is 0 Å². The lowest BCUT2D eigenvalue weighted by atomic mass is 9.91. The van der Waals surface area contributed by atoms with Crippen molar-refractivity contribution in [2.45, 2.75) is 127 Å². The molecule has 5 aliphatic carbocycles. The Kier molecular flexibility index (Phi) is 17.7. The first-order valence-corrected chi connectivity index (χ1v) is 30.5. The SMILES string of the molecule is Nc1cccc2c(=O)n(C3CC3)ccc12.O=C(CCC1CCCCCC1)c1cccc2c(=O)n(C3CC3)ccc12.O=c1c2cccc(I)c2ccn1C1CC1.O=c1c2cccc([N+](=O)[O-])c2ccn1C1CC1.O=c1occc2c([N+](=O)[O-])cccc12. The first-order valence-electron chi connectivity index (χ1n) is 29.5. The van der Waals surface area contributed by atoms with Gasteiger partial charge in [-0.15, -0.1) is 0 Å². The Hall–Kier alpha value is -8.85. The minimum absolute atomic E-state index is 0.0115. The van der Waals surface area contributed by atoms with Gasteiger partial charge in [0.25, 0.3) is 33.6 Å². The third kappa shape index (κ3) is 13.2. The number of carbonyl (C=O) groups excluding carboxylic acids is 1. The van der Waals surface area contributed by atoms with Gasteiger partial charge in [-0.1, -0.05) is 74.9 Å². The number of benzene rings is 5. The summed E-state index contributed by atoms with van der Waals surface area (Å²) in [6.45, 7) is 0. The first kappa shape index (κ1) is 58.9. The third-order valence-corrected chi connectivity index (χ3v) is 17.7. The number of ketones is 1. The Labute approximate surface area is 505 Å². The van der Waals surface area contributed by atoms with Crippen LogP contribution in [0.1, 0.15) is 137 Å². The number of nitrogens with two attached hydrogens (primary N) is 1. The summed E-state index contributed by atoms with van der Waals surface area (Å²) in [5, 5.41) is 27.8. The molecule has 0 saturated heterocycles. The molecule has 15 rings (SSSR count). The number of aromatic nitrogens is 4. The summed E-state index contributed by atoms with van der Waals surface area (Å²) in [4.78, 5) is 93.5. The van der Waals surface area contributed by atoms with E-state index in [0.29, 0.717) is 57.7 Å². The maximum Gasteiger partial charge on any atom is 0.343 e. The molecule has 5 saturated carbocycles. The molecule has 19 heteroatoms. The van der Waals surface area contributed by atoms with Gasteiger partial charge in [0.05, 0.1) is 37.7 Å². The Balaban J connectivity index is 0.000000114. The molecular formula is C67H64IN7O11. The van der Waals surface area contributed by atoms with Crippen LogP contribution in [0.2, 0.25) is 0 Å². The van der Waals surface area contributed by atoms with Gasteiger partial charge in [0, 0.05) is 109 Å². The number of nitrogens with zero attached hydrogens (tertiary/aromatic N) is 6. The van der Waals surface area contributed by atoms with Crippen molar-refractivity contribution in [2.24, 2.45) is 5.92 Å². The molecule has 0 aliphatic heterocycles. The predicted octanol–water partition coefficient (Wildman–Crippen LogP) is 14.1. The Bertz CT molecular complexity index is 4450. The number of fused-ring (bicyclic) bond motifs is 5. The number of non-ortho nitro benzene ring substituents is 2. The number of hydrogen-bond acceptors (Lipinski definition) is 12. The average molecular weight is 1270 g/mol. The summed E-state index contributed by atoms with van der Waals surface area (Å²) in [5.41, 5.74) is 6.73. The monoisotopic (exact) mass is 1270 g/mol. The highest BCUT2D eigenvalue weighted by molar-refractivity contribution is 14.1. The number of anilines is 1. The number of halogens is 1. The normalized spacial score (nSPS) is 15.7. The van der Waals surface area contributed by atoms with E-state index in [1.165, 1.54) is 68.9 Å². The number of rotatable bonds is 10. The van der Waals surface area contributed by atoms with Gasteiger partial charge in [0.2, 0.25) is 0 Å². The van der Waals surface area contributed by atoms with Crippen molar-refractivity contribution in [3.05, 3.63) is 234 Å². The van der Waals surface area contributed by atoms with E-state index >= 15 is 0 Å². The number of Topliss-reactive ketones (excluding diaryl/α,β-unsaturated/α-hetero) is 1. The molecule has 10 aromatic rings. The number of nitro benzene ring substituents is 2. The van der Waals surface area contributed by atoms with Crippen LogP contribution in [0.3, 0.4) is 0 Å². The third-order valence-electron chi connectivity index (χ3n) is 16.8. The van der Waals surface area contributed by atoms with E-state index in [-0.39, 0.29) is 50.8 Å². The van der Waals surface area contributed by atoms with Crippen LogP contribution in [0.25, 0.3) is 53.9 Å². The van der Waals surface area contributed by atoms with Crippen molar-refractivity contribution in [1.29, 1.82) is 0 Å². The fourth-order valence-electron chi connectivity index (χ4n) is 11.5. The van der Waals surface area contributed by atoms with Crippen molar-refractivity contribution >= 4 is 99.3 Å². The molecule has 2 N–H and O–H groups in total. The zero-order valence-electron chi connectivity index (χ0n) is 47.3. The number of carbonyl (C=O) groups is 1. The van der Waals surface area contributed by atoms with Crippen LogP contribution in [0.15, 0.2) is 181 Å². The quantitative estimate of drug-likeness (QED) is 0.0335. The summed E-state index contributed by atoms with van der Waals surface area (Å²) in [5.74, 6) is 0.895. The summed E-state index contributed by atoms with van der Waals surface area (Å²) in [7, 11) is 0. The second kappa shape index (κ2) is 25.8. The molecule has 5 aromatic carbocycles. The summed E-state index contributed by atoms with van der Waals surface area (Å²) < 4.78 is 12.9. The Morgan fingerprint density at radius 1 is 0.465 bits per heavy atom. The molecule has 0 amide bonds. The van der Waals surface area contributed by atoms with E-state index < -0.39 is 15.5 Å². The van der Waals surface area contributed by atoms with E-state index in [9.17, 15) is 49.0 Å². The number of hydrogen-bond donors (Lipinski definition) is 1. The highest BCUT2D eigenvalue weighted by Crippen LogP contribution is 2.37. The molecule has 5 heterocycles. The molecule has 5 aliphatic rings. The highest BCUT2D eigenvalue weighted by atomic mass is 127. The van der Waals surface area contributed by atoms with Crippen LogP contribution >= 0.6 is 22.6 Å². The van der Waals surface area contributed by atoms with Gasteiger partial charge in [0.1, 0.15) is 0 Å². The molecule has 440 valence electrons. The number of pyridine rings is 4. The molecule has 0 spiro atoms. The topological polar surface area (TPSA) is 248 Å². The van der Waals surface area contributed by atoms with Gasteiger partial charge < -0.3 is 28.4 Å². The van der Waals surface area contributed by atoms with Crippen molar-refractivity contribution in [3.8, 4) is 0 Å². The van der Waals surface area contributed by atoms with Gasteiger partial charge >= 0.3 is 5.63 Å². The van der Waals surface area contributed by atoms with Gasteiger partial charge in [-0.3, -0.25) is 44.2 Å². The molecular weight excluding hydrogens is 1210 g/mol. The Morgan fingerprint density at radius 3 is 1.36 bits per heavy atom. The second-order valence-corrected chi connectivity index (χ2v) is 24.0. The van der Waals surface area contributed by atoms with Crippen LogP contribution < -0.4 is 33.6 Å². The minimum Gasteiger partial charge on any atom is -0.431 e. The minimum atomic E-state index is -0.564. The van der Waals surface area contributed by atoms with Crippen molar-refractivity contribution in [1.82, 2.24) is 18.3 Å². The Morgan fingerprint density at radius 2 is 0.860 bits per heavy atom. The van der Waals surface area contributed by atoms with Crippen LogP contribution in [0, 0.1) is 29.7 Å². The summed E-state index contributed by atoms with van der Waals surface area (Å²) >= 11 is 2.27. The van der Waals surface area contributed by atoms with Crippen LogP contribution in [0.5, 0.6) is 0 Å². The van der Waals surface area contributed by atoms with E-state index in [0.717, 1.165) is 100 Å². The van der Waals surface area contributed by atoms with Crippen LogP contribution in [-0.4, -0.2) is 33.9 Å². The van der Waals surface area contributed by atoms with Crippen molar-refractivity contribution in [2.75, 3.05) is 5.73 Å². The maximum atomic E-state index is 12.8. The molecule has 0 atom stereocenters. The van der Waals surface area contributed by atoms with E-state index in [1.807, 2.05) is 99.0 Å². The number of nitro groups is 2. The zero-order valence-corrected chi connectivity index (χ0v) is 49.4. The van der Waals surface area contributed by atoms with Crippen molar-refractivity contribution < 1.29 is 19.1 Å². The fraction of sp³-hybridized carbons (Fsp3) is 0.313. The van der Waals surface area contributed by atoms with E-state index in [4.69, 9.17) is 5.73 Å². The molecule has 86 heavy (non-hydrogen) atoms. The molecule has 18 nitrogen and oxygen atoms in total. The lowest BCUT2D eigenvalue weighted by Gasteiger charge is -2.14. The zero-order chi connectivity index (χ0) is 60.2. The number of nitrogen functional groups attached to an aromatic ring is 1. The van der Waals surface area contributed by atoms with Gasteiger partial charge in [-0.25, -0.2) is 4.79 Å². The smallest absolute Gasteiger partial charge is 0.343 e. The highest BCUT2D eigenvalue weighted by Gasteiger charge is 2.28. The summed E-state index contributed by atoms with van der Waals surface area (Å²) in [6.07, 6.45) is 26.7. The molecule has 5 aromatic heterocycles. The lowest BCUT2D eigenvalue weighted by molar-refractivity contribution is -0.383. The maximum absolute atomic E-state index is 12.8. The molecule has 0 unspecified atom stereocenters. The van der Waals surface area contributed by atoms with Gasteiger partial charge in [0.15, 0.2) is 5.78 Å². The van der Waals surface area contributed by atoms with E-state index in [1.54, 1.807) is 29.0 Å². The molecule has 5 fully saturated rings.